The van der Waals surface area contributed by atoms with Gasteiger partial charge in [-0.15, -0.1) is 0 Å². The Morgan fingerprint density at radius 2 is 2.00 bits per heavy atom. The third-order valence-corrected chi connectivity index (χ3v) is 5.42. The fraction of sp³-hybridized carbons (Fsp3) is 0.500. The van der Waals surface area contributed by atoms with Gasteiger partial charge in [-0.25, -0.2) is 0 Å². The number of aromatic nitrogens is 4. The zero-order valence-corrected chi connectivity index (χ0v) is 14.5. The number of fused-ring (bicyclic) bond motifs is 2. The fourth-order valence-corrected chi connectivity index (χ4v) is 4.06. The standard InChI is InChI=1S/C18H22N6O/c1-11(2)24-16-5-12(3-4-13(16)8-20-24)17-21-18(25-22-17)23-9-14-6-19-7-15(14)10-23/h3-5,8,11,14-15,19H,6-7,9-10H2,1-2H3/t14-,15-/m0/s1. The molecule has 2 aromatic heterocycles. The molecule has 2 aliphatic heterocycles. The lowest BCUT2D eigenvalue weighted by Gasteiger charge is -2.12. The van der Waals surface area contributed by atoms with Gasteiger partial charge < -0.3 is 14.7 Å². The van der Waals surface area contributed by atoms with Crippen LogP contribution in [0.1, 0.15) is 19.9 Å². The minimum Gasteiger partial charge on any atom is -0.324 e. The Balaban J connectivity index is 1.45. The van der Waals surface area contributed by atoms with E-state index >= 15 is 0 Å². The number of nitrogens with zero attached hydrogens (tertiary/aromatic N) is 5. The lowest BCUT2D eigenvalue weighted by atomic mass is 10.0. The molecule has 3 aromatic rings. The van der Waals surface area contributed by atoms with Crippen LogP contribution < -0.4 is 10.2 Å². The smallest absolute Gasteiger partial charge is 0.324 e. The molecule has 25 heavy (non-hydrogen) atoms. The normalized spacial score (nSPS) is 23.1. The van der Waals surface area contributed by atoms with E-state index in [1.54, 1.807) is 0 Å². The molecule has 5 rings (SSSR count). The SMILES string of the molecule is CC(C)n1ncc2ccc(-c3noc(N4C[C@@H]5CNC[C@H]5C4)n3)cc21. The summed E-state index contributed by atoms with van der Waals surface area (Å²) < 4.78 is 7.58. The van der Waals surface area contributed by atoms with Crippen molar-refractivity contribution in [3.63, 3.8) is 0 Å². The van der Waals surface area contributed by atoms with Crippen LogP contribution in [0.5, 0.6) is 0 Å². The second-order valence-electron chi connectivity index (χ2n) is 7.44. The zero-order chi connectivity index (χ0) is 17.0. The van der Waals surface area contributed by atoms with Crippen LogP contribution in [0.3, 0.4) is 0 Å². The average Bonchev–Trinajstić information content (AvgIpc) is 3.34. The topological polar surface area (TPSA) is 72.0 Å². The molecule has 0 unspecified atom stereocenters. The first-order valence-electron chi connectivity index (χ1n) is 8.96. The maximum absolute atomic E-state index is 5.56. The number of hydrogen-bond acceptors (Lipinski definition) is 6. The summed E-state index contributed by atoms with van der Waals surface area (Å²) >= 11 is 0. The summed E-state index contributed by atoms with van der Waals surface area (Å²) in [6.07, 6.45) is 1.90. The average molecular weight is 338 g/mol. The van der Waals surface area contributed by atoms with E-state index in [9.17, 15) is 0 Å². The lowest BCUT2D eigenvalue weighted by Crippen LogP contribution is -2.25. The van der Waals surface area contributed by atoms with Crippen molar-refractivity contribution in [2.24, 2.45) is 11.8 Å². The van der Waals surface area contributed by atoms with Gasteiger partial charge >= 0.3 is 6.01 Å². The molecular formula is C18H22N6O. The monoisotopic (exact) mass is 338 g/mol. The van der Waals surface area contributed by atoms with Gasteiger partial charge in [0.25, 0.3) is 0 Å². The highest BCUT2D eigenvalue weighted by molar-refractivity contribution is 5.83. The third kappa shape index (κ3) is 2.41. The maximum atomic E-state index is 5.56. The van der Waals surface area contributed by atoms with Gasteiger partial charge in [-0.3, -0.25) is 4.68 Å². The third-order valence-electron chi connectivity index (χ3n) is 5.42. The molecule has 0 saturated carbocycles. The van der Waals surface area contributed by atoms with Crippen LogP contribution in [-0.4, -0.2) is 46.1 Å². The lowest BCUT2D eigenvalue weighted by molar-refractivity contribution is 0.417. The van der Waals surface area contributed by atoms with Crippen molar-refractivity contribution in [3.05, 3.63) is 24.4 Å². The molecule has 1 aromatic carbocycles. The second kappa shape index (κ2) is 5.56. The molecule has 0 amide bonds. The number of hydrogen-bond donors (Lipinski definition) is 1. The summed E-state index contributed by atoms with van der Waals surface area (Å²) in [5.74, 6) is 2.04. The number of nitrogens with one attached hydrogen (secondary N) is 1. The number of rotatable bonds is 3. The molecule has 7 nitrogen and oxygen atoms in total. The molecule has 0 aliphatic carbocycles. The van der Waals surface area contributed by atoms with Crippen LogP contribution in [0, 0.1) is 11.8 Å². The van der Waals surface area contributed by atoms with Gasteiger partial charge in [0.2, 0.25) is 5.82 Å². The molecular weight excluding hydrogens is 316 g/mol. The Morgan fingerprint density at radius 3 is 2.76 bits per heavy atom. The van der Waals surface area contributed by atoms with Crippen LogP contribution in [0.25, 0.3) is 22.3 Å². The number of benzene rings is 1. The van der Waals surface area contributed by atoms with E-state index in [0.29, 0.717) is 29.7 Å². The maximum Gasteiger partial charge on any atom is 0.324 e. The number of anilines is 1. The molecule has 0 bridgehead atoms. The van der Waals surface area contributed by atoms with Crippen LogP contribution in [0.15, 0.2) is 28.9 Å². The summed E-state index contributed by atoms with van der Waals surface area (Å²) in [5, 5.41) is 13.3. The first-order valence-corrected chi connectivity index (χ1v) is 8.96. The van der Waals surface area contributed by atoms with Gasteiger partial charge in [0.05, 0.1) is 11.7 Å². The predicted octanol–water partition coefficient (Wildman–Crippen LogP) is 2.32. The van der Waals surface area contributed by atoms with Gasteiger partial charge in [0.1, 0.15) is 0 Å². The Kier molecular flexibility index (Phi) is 3.31. The molecule has 2 fully saturated rings. The molecule has 0 spiro atoms. The van der Waals surface area contributed by atoms with Crippen molar-refractivity contribution in [2.75, 3.05) is 31.1 Å². The molecule has 0 radical (unpaired) electrons. The molecule has 2 saturated heterocycles. The summed E-state index contributed by atoms with van der Waals surface area (Å²) in [6, 6.07) is 7.15. The van der Waals surface area contributed by atoms with Gasteiger partial charge in [0.15, 0.2) is 0 Å². The van der Waals surface area contributed by atoms with Gasteiger partial charge in [-0.05, 0) is 31.7 Å². The van der Waals surface area contributed by atoms with E-state index in [1.165, 1.54) is 0 Å². The van der Waals surface area contributed by atoms with E-state index in [0.717, 1.165) is 42.6 Å². The van der Waals surface area contributed by atoms with Gasteiger partial charge in [-0.2, -0.15) is 10.1 Å². The van der Waals surface area contributed by atoms with E-state index in [4.69, 9.17) is 4.52 Å². The van der Waals surface area contributed by atoms with Crippen LogP contribution >= 0.6 is 0 Å². The van der Waals surface area contributed by atoms with Crippen molar-refractivity contribution in [3.8, 4) is 11.4 Å². The first-order chi connectivity index (χ1) is 12.2. The fourth-order valence-electron chi connectivity index (χ4n) is 4.06. The van der Waals surface area contributed by atoms with Crippen molar-refractivity contribution >= 4 is 16.9 Å². The van der Waals surface area contributed by atoms with Crippen molar-refractivity contribution in [2.45, 2.75) is 19.9 Å². The van der Waals surface area contributed by atoms with Crippen LogP contribution in [-0.2, 0) is 0 Å². The quantitative estimate of drug-likeness (QED) is 0.790. The minimum atomic E-state index is 0.311. The second-order valence-corrected chi connectivity index (χ2v) is 7.44. The van der Waals surface area contributed by atoms with E-state index in [1.807, 2.05) is 16.9 Å². The van der Waals surface area contributed by atoms with Crippen molar-refractivity contribution in [1.29, 1.82) is 0 Å². The van der Waals surface area contributed by atoms with Gasteiger partial charge in [0, 0.05) is 43.2 Å². The van der Waals surface area contributed by atoms with E-state index in [2.05, 4.69) is 51.4 Å². The minimum absolute atomic E-state index is 0.311. The molecule has 4 heterocycles. The zero-order valence-electron chi connectivity index (χ0n) is 14.5. The molecule has 130 valence electrons. The summed E-state index contributed by atoms with van der Waals surface area (Å²) in [5.41, 5.74) is 2.06. The summed E-state index contributed by atoms with van der Waals surface area (Å²) in [6.45, 7) is 8.45. The van der Waals surface area contributed by atoms with E-state index < -0.39 is 0 Å². The largest absolute Gasteiger partial charge is 0.324 e. The first kappa shape index (κ1) is 14.9. The molecule has 1 N–H and O–H groups in total. The van der Waals surface area contributed by atoms with Crippen LogP contribution in [0.4, 0.5) is 6.01 Å². The van der Waals surface area contributed by atoms with Gasteiger partial charge in [-0.1, -0.05) is 17.3 Å². The molecule has 7 heteroatoms. The van der Waals surface area contributed by atoms with E-state index in [-0.39, 0.29) is 0 Å². The Hall–Kier alpha value is -2.41. The van der Waals surface area contributed by atoms with Crippen LogP contribution in [0.2, 0.25) is 0 Å². The Morgan fingerprint density at radius 1 is 1.20 bits per heavy atom. The molecule has 2 aliphatic rings. The Bertz CT molecular complexity index is 901. The predicted molar refractivity (Wildman–Crippen MR) is 95.5 cm³/mol. The highest BCUT2D eigenvalue weighted by atomic mass is 16.5. The summed E-state index contributed by atoms with van der Waals surface area (Å²) in [7, 11) is 0. The Labute approximate surface area is 146 Å². The molecule has 2 atom stereocenters. The van der Waals surface area contributed by atoms with Crippen molar-refractivity contribution in [1.82, 2.24) is 25.2 Å². The highest BCUT2D eigenvalue weighted by Gasteiger charge is 2.38. The highest BCUT2D eigenvalue weighted by Crippen LogP contribution is 2.31. The van der Waals surface area contributed by atoms with Crippen molar-refractivity contribution < 1.29 is 4.52 Å². The summed E-state index contributed by atoms with van der Waals surface area (Å²) in [4.78, 5) is 6.88.